The Kier molecular flexibility index (Phi) is 8.79. The summed E-state index contributed by atoms with van der Waals surface area (Å²) in [4.78, 5) is 5.16. The number of rotatable bonds is 10. The molecule has 0 aromatic rings. The molecule has 4 heteroatoms. The van der Waals surface area contributed by atoms with Crippen molar-refractivity contribution in [1.82, 2.24) is 15.1 Å². The molecule has 0 aromatic heterocycles. The quantitative estimate of drug-likeness (QED) is 0.605. The molecule has 0 spiro atoms. The smallest absolute Gasteiger partial charge is 0.0610 e. The average Bonchev–Trinajstić information content (AvgIpc) is 2.50. The zero-order chi connectivity index (χ0) is 15.7. The van der Waals surface area contributed by atoms with Crippen LogP contribution in [-0.4, -0.2) is 72.4 Å². The third-order valence-electron chi connectivity index (χ3n) is 4.74. The number of aliphatic hydroxyl groups excluding tert-OH is 1. The molecule has 1 fully saturated rings. The molecule has 0 saturated carbocycles. The Balaban J connectivity index is 2.14. The van der Waals surface area contributed by atoms with Gasteiger partial charge in [-0.25, -0.2) is 0 Å². The fraction of sp³-hybridized carbons (Fsp3) is 1.00. The summed E-state index contributed by atoms with van der Waals surface area (Å²) in [6.45, 7) is 16.2. The van der Waals surface area contributed by atoms with Gasteiger partial charge in [-0.2, -0.15) is 0 Å². The molecule has 1 aliphatic rings. The van der Waals surface area contributed by atoms with Crippen LogP contribution in [0, 0.1) is 0 Å². The maximum absolute atomic E-state index is 9.56. The summed E-state index contributed by atoms with van der Waals surface area (Å²) in [6, 6.07) is 0.682. The van der Waals surface area contributed by atoms with Gasteiger partial charge < -0.3 is 15.3 Å². The van der Waals surface area contributed by atoms with E-state index in [2.05, 4.69) is 42.8 Å². The Labute approximate surface area is 131 Å². The monoisotopic (exact) mass is 299 g/mol. The van der Waals surface area contributed by atoms with Crippen LogP contribution in [0.5, 0.6) is 0 Å². The molecular formula is C17H37N3O. The minimum Gasteiger partial charge on any atom is -0.394 e. The van der Waals surface area contributed by atoms with Crippen molar-refractivity contribution in [1.29, 1.82) is 0 Å². The summed E-state index contributed by atoms with van der Waals surface area (Å²) in [5.41, 5.74) is -0.0909. The van der Waals surface area contributed by atoms with Crippen LogP contribution in [0.4, 0.5) is 0 Å². The van der Waals surface area contributed by atoms with Crippen molar-refractivity contribution < 1.29 is 5.11 Å². The summed E-state index contributed by atoms with van der Waals surface area (Å²) >= 11 is 0. The molecule has 0 radical (unpaired) electrons. The van der Waals surface area contributed by atoms with Gasteiger partial charge in [-0.05, 0) is 53.1 Å². The van der Waals surface area contributed by atoms with E-state index < -0.39 is 0 Å². The fourth-order valence-corrected chi connectivity index (χ4v) is 3.00. The van der Waals surface area contributed by atoms with E-state index in [1.165, 1.54) is 45.6 Å². The summed E-state index contributed by atoms with van der Waals surface area (Å²) in [5.74, 6) is 0. The fourth-order valence-electron chi connectivity index (χ4n) is 3.00. The van der Waals surface area contributed by atoms with Gasteiger partial charge >= 0.3 is 0 Å². The highest BCUT2D eigenvalue weighted by Gasteiger charge is 2.22. The van der Waals surface area contributed by atoms with Gasteiger partial charge in [-0.1, -0.05) is 13.3 Å². The molecule has 1 unspecified atom stereocenters. The zero-order valence-corrected chi connectivity index (χ0v) is 14.7. The summed E-state index contributed by atoms with van der Waals surface area (Å²) in [5, 5.41) is 13.0. The van der Waals surface area contributed by atoms with Gasteiger partial charge in [0.2, 0.25) is 0 Å². The molecular weight excluding hydrogens is 262 g/mol. The highest BCUT2D eigenvalue weighted by Crippen LogP contribution is 2.14. The number of nitrogens with zero attached hydrogens (tertiary/aromatic N) is 2. The number of hydrogen-bond acceptors (Lipinski definition) is 4. The van der Waals surface area contributed by atoms with E-state index >= 15 is 0 Å². The molecule has 2 N–H and O–H groups in total. The molecule has 1 atom stereocenters. The molecule has 0 bridgehead atoms. The summed E-state index contributed by atoms with van der Waals surface area (Å²) < 4.78 is 0. The SMILES string of the molecule is CCCNC(C)(CO)CCCCN1CCN(C(C)C)CC1. The van der Waals surface area contributed by atoms with Crippen LogP contribution in [0.3, 0.4) is 0 Å². The predicted octanol–water partition coefficient (Wildman–Crippen LogP) is 1.93. The average molecular weight is 300 g/mol. The van der Waals surface area contributed by atoms with E-state index in [1.54, 1.807) is 0 Å². The van der Waals surface area contributed by atoms with Gasteiger partial charge in [0.25, 0.3) is 0 Å². The van der Waals surface area contributed by atoms with Crippen molar-refractivity contribution >= 4 is 0 Å². The van der Waals surface area contributed by atoms with Crippen molar-refractivity contribution in [3.8, 4) is 0 Å². The van der Waals surface area contributed by atoms with Gasteiger partial charge in [0.15, 0.2) is 0 Å². The van der Waals surface area contributed by atoms with Crippen molar-refractivity contribution in [3.05, 3.63) is 0 Å². The number of hydrogen-bond donors (Lipinski definition) is 2. The largest absolute Gasteiger partial charge is 0.394 e. The molecule has 1 aliphatic heterocycles. The molecule has 0 aliphatic carbocycles. The maximum Gasteiger partial charge on any atom is 0.0610 e. The Hall–Kier alpha value is -0.160. The molecule has 126 valence electrons. The van der Waals surface area contributed by atoms with Gasteiger partial charge in [-0.3, -0.25) is 4.90 Å². The minimum absolute atomic E-state index is 0.0909. The normalized spacial score (nSPS) is 20.9. The predicted molar refractivity (Wildman–Crippen MR) is 90.8 cm³/mol. The van der Waals surface area contributed by atoms with E-state index in [0.717, 1.165) is 19.4 Å². The van der Waals surface area contributed by atoms with Crippen molar-refractivity contribution in [2.45, 2.75) is 65.0 Å². The lowest BCUT2D eigenvalue weighted by Crippen LogP contribution is -2.49. The lowest BCUT2D eigenvalue weighted by Gasteiger charge is -2.37. The van der Waals surface area contributed by atoms with Crippen LogP contribution >= 0.6 is 0 Å². The Morgan fingerprint density at radius 3 is 2.33 bits per heavy atom. The van der Waals surface area contributed by atoms with Crippen LogP contribution in [0.1, 0.15) is 53.4 Å². The Bertz CT molecular complexity index is 265. The van der Waals surface area contributed by atoms with Crippen LogP contribution < -0.4 is 5.32 Å². The molecule has 1 saturated heterocycles. The van der Waals surface area contributed by atoms with E-state index in [0.29, 0.717) is 6.04 Å². The third-order valence-corrected chi connectivity index (χ3v) is 4.74. The van der Waals surface area contributed by atoms with Gasteiger partial charge in [0.05, 0.1) is 6.61 Å². The van der Waals surface area contributed by atoms with E-state index in [1.807, 2.05) is 0 Å². The van der Waals surface area contributed by atoms with E-state index in [4.69, 9.17) is 0 Å². The summed E-state index contributed by atoms with van der Waals surface area (Å²) in [7, 11) is 0. The maximum atomic E-state index is 9.56. The first-order valence-electron chi connectivity index (χ1n) is 8.83. The topological polar surface area (TPSA) is 38.7 Å². The molecule has 1 rings (SSSR count). The number of nitrogens with one attached hydrogen (secondary N) is 1. The van der Waals surface area contributed by atoms with Crippen LogP contribution in [0.25, 0.3) is 0 Å². The first kappa shape index (κ1) is 18.9. The zero-order valence-electron chi connectivity index (χ0n) is 14.7. The molecule has 4 nitrogen and oxygen atoms in total. The summed E-state index contributed by atoms with van der Waals surface area (Å²) in [6.07, 6.45) is 4.62. The van der Waals surface area contributed by atoms with Crippen LogP contribution in [-0.2, 0) is 0 Å². The standard InChI is InChI=1S/C17H37N3O/c1-5-9-18-17(4,15-21)8-6-7-10-19-11-13-20(14-12-19)16(2)3/h16,18,21H,5-15H2,1-4H3. The Morgan fingerprint density at radius 1 is 1.14 bits per heavy atom. The number of piperazine rings is 1. The minimum atomic E-state index is -0.0909. The second-order valence-corrected chi connectivity index (χ2v) is 7.07. The first-order chi connectivity index (χ1) is 10.0. The van der Waals surface area contributed by atoms with E-state index in [-0.39, 0.29) is 12.1 Å². The Morgan fingerprint density at radius 2 is 1.81 bits per heavy atom. The van der Waals surface area contributed by atoms with Crippen LogP contribution in [0.15, 0.2) is 0 Å². The molecule has 1 heterocycles. The van der Waals surface area contributed by atoms with Crippen molar-refractivity contribution in [2.24, 2.45) is 0 Å². The lowest BCUT2D eigenvalue weighted by molar-refractivity contribution is 0.105. The first-order valence-corrected chi connectivity index (χ1v) is 8.83. The molecule has 0 amide bonds. The molecule has 0 aromatic carbocycles. The van der Waals surface area contributed by atoms with Crippen LogP contribution in [0.2, 0.25) is 0 Å². The highest BCUT2D eigenvalue weighted by molar-refractivity contribution is 4.82. The van der Waals surface area contributed by atoms with Crippen molar-refractivity contribution in [3.63, 3.8) is 0 Å². The number of unbranched alkanes of at least 4 members (excludes halogenated alkanes) is 1. The second kappa shape index (κ2) is 9.78. The van der Waals surface area contributed by atoms with Gasteiger partial charge in [0.1, 0.15) is 0 Å². The third kappa shape index (κ3) is 7.09. The lowest BCUT2D eigenvalue weighted by atomic mass is 9.95. The van der Waals surface area contributed by atoms with E-state index in [9.17, 15) is 5.11 Å². The van der Waals surface area contributed by atoms with Gasteiger partial charge in [-0.15, -0.1) is 0 Å². The molecule has 21 heavy (non-hydrogen) atoms. The highest BCUT2D eigenvalue weighted by atomic mass is 16.3. The second-order valence-electron chi connectivity index (χ2n) is 7.07. The number of aliphatic hydroxyl groups is 1. The van der Waals surface area contributed by atoms with Gasteiger partial charge in [0, 0.05) is 37.8 Å². The van der Waals surface area contributed by atoms with Crippen molar-refractivity contribution in [2.75, 3.05) is 45.9 Å².